The van der Waals surface area contributed by atoms with Crippen molar-refractivity contribution in [2.24, 2.45) is 0 Å². The number of nitrogens with zero attached hydrogens (tertiary/aromatic N) is 2. The summed E-state index contributed by atoms with van der Waals surface area (Å²) in [7, 11) is 0. The third-order valence-electron chi connectivity index (χ3n) is 4.04. The third kappa shape index (κ3) is 3.13. The number of hydrogen-bond donors (Lipinski definition) is 1. The second-order valence-electron chi connectivity index (χ2n) is 5.50. The number of amides is 1. The lowest BCUT2D eigenvalue weighted by Crippen LogP contribution is -2.50. The van der Waals surface area contributed by atoms with E-state index in [-0.39, 0.29) is 24.9 Å². The van der Waals surface area contributed by atoms with E-state index in [1.165, 1.54) is 12.1 Å². The maximum absolute atomic E-state index is 13.3. The van der Waals surface area contributed by atoms with Crippen LogP contribution in [0.25, 0.3) is 6.08 Å². The summed E-state index contributed by atoms with van der Waals surface area (Å²) in [6.07, 6.45) is 1.71. The van der Waals surface area contributed by atoms with Crippen molar-refractivity contribution in [1.29, 1.82) is 0 Å². The molecule has 6 heteroatoms. The van der Waals surface area contributed by atoms with Crippen molar-refractivity contribution in [2.75, 3.05) is 45.9 Å². The van der Waals surface area contributed by atoms with Crippen LogP contribution < -0.4 is 4.74 Å². The molecule has 0 saturated carbocycles. The summed E-state index contributed by atoms with van der Waals surface area (Å²) in [6, 6.07) is 4.30. The van der Waals surface area contributed by atoms with Crippen LogP contribution in [0.3, 0.4) is 0 Å². The number of hydrogen-bond acceptors (Lipinski definition) is 4. The van der Waals surface area contributed by atoms with Gasteiger partial charge in [-0.2, -0.15) is 0 Å². The average molecular weight is 306 g/mol. The molecule has 1 saturated heterocycles. The molecule has 1 fully saturated rings. The number of halogens is 1. The molecule has 118 valence electrons. The first-order chi connectivity index (χ1) is 10.7. The van der Waals surface area contributed by atoms with E-state index in [1.807, 2.05) is 0 Å². The lowest BCUT2D eigenvalue weighted by molar-refractivity contribution is -0.129. The van der Waals surface area contributed by atoms with Gasteiger partial charge in [0.1, 0.15) is 18.2 Å². The molecule has 5 nitrogen and oxygen atoms in total. The summed E-state index contributed by atoms with van der Waals surface area (Å²) in [5.74, 6) is 0.203. The van der Waals surface area contributed by atoms with Crippen LogP contribution in [-0.2, 0) is 4.79 Å². The molecule has 2 aliphatic rings. The Morgan fingerprint density at radius 2 is 2.05 bits per heavy atom. The molecule has 22 heavy (non-hydrogen) atoms. The first-order valence-corrected chi connectivity index (χ1v) is 7.43. The van der Waals surface area contributed by atoms with Gasteiger partial charge in [-0.3, -0.25) is 9.69 Å². The van der Waals surface area contributed by atoms with E-state index in [0.717, 1.165) is 13.1 Å². The highest BCUT2D eigenvalue weighted by Gasteiger charge is 2.25. The number of piperazine rings is 1. The van der Waals surface area contributed by atoms with Crippen molar-refractivity contribution >= 4 is 12.0 Å². The van der Waals surface area contributed by atoms with Crippen LogP contribution in [0.1, 0.15) is 5.56 Å². The second kappa shape index (κ2) is 6.46. The van der Waals surface area contributed by atoms with Crippen molar-refractivity contribution in [3.63, 3.8) is 0 Å². The fourth-order valence-electron chi connectivity index (χ4n) is 2.79. The Hall–Kier alpha value is -1.92. The van der Waals surface area contributed by atoms with E-state index in [1.54, 1.807) is 17.0 Å². The van der Waals surface area contributed by atoms with E-state index in [2.05, 4.69) is 4.90 Å². The Kier molecular flexibility index (Phi) is 4.40. The zero-order chi connectivity index (χ0) is 15.5. The number of aliphatic hydroxyl groups is 1. The van der Waals surface area contributed by atoms with Crippen LogP contribution in [0.2, 0.25) is 0 Å². The summed E-state index contributed by atoms with van der Waals surface area (Å²) in [6.45, 7) is 3.76. The Balaban J connectivity index is 1.69. The van der Waals surface area contributed by atoms with Gasteiger partial charge in [0.2, 0.25) is 0 Å². The maximum Gasteiger partial charge on any atom is 0.253 e. The zero-order valence-corrected chi connectivity index (χ0v) is 12.3. The number of carbonyl (C=O) groups excluding carboxylic acids is 1. The van der Waals surface area contributed by atoms with Gasteiger partial charge in [-0.15, -0.1) is 0 Å². The first kappa shape index (κ1) is 15.0. The number of benzene rings is 1. The number of ether oxygens (including phenoxy) is 1. The number of fused-ring (bicyclic) bond motifs is 1. The molecule has 0 bridgehead atoms. The Bertz CT molecular complexity index is 595. The molecule has 0 atom stereocenters. The van der Waals surface area contributed by atoms with Crippen LogP contribution >= 0.6 is 0 Å². The molecule has 1 aromatic carbocycles. The normalized spacial score (nSPS) is 18.5. The molecule has 0 radical (unpaired) electrons. The van der Waals surface area contributed by atoms with Crippen LogP contribution in [0.4, 0.5) is 4.39 Å². The number of aliphatic hydroxyl groups excluding tert-OH is 1. The summed E-state index contributed by atoms with van der Waals surface area (Å²) >= 11 is 0. The van der Waals surface area contributed by atoms with Crippen LogP contribution in [0, 0.1) is 5.82 Å². The summed E-state index contributed by atoms with van der Waals surface area (Å²) in [4.78, 5) is 16.4. The predicted molar refractivity (Wildman–Crippen MR) is 80.0 cm³/mol. The van der Waals surface area contributed by atoms with E-state index in [0.29, 0.717) is 36.5 Å². The topological polar surface area (TPSA) is 53.0 Å². The lowest BCUT2D eigenvalue weighted by atomic mass is 10.1. The lowest BCUT2D eigenvalue weighted by Gasteiger charge is -2.35. The van der Waals surface area contributed by atoms with Crippen LogP contribution in [0.15, 0.2) is 23.8 Å². The van der Waals surface area contributed by atoms with Crippen molar-refractivity contribution in [2.45, 2.75) is 0 Å². The van der Waals surface area contributed by atoms with Gasteiger partial charge in [0, 0.05) is 38.3 Å². The van der Waals surface area contributed by atoms with Gasteiger partial charge in [-0.05, 0) is 24.3 Å². The summed E-state index contributed by atoms with van der Waals surface area (Å²) < 4.78 is 18.8. The second-order valence-corrected chi connectivity index (χ2v) is 5.50. The monoisotopic (exact) mass is 306 g/mol. The highest BCUT2D eigenvalue weighted by molar-refractivity contribution is 5.99. The molecule has 3 rings (SSSR count). The molecule has 2 aliphatic heterocycles. The van der Waals surface area contributed by atoms with Gasteiger partial charge in [0.15, 0.2) is 0 Å². The molecule has 1 N–H and O–H groups in total. The Morgan fingerprint density at radius 3 is 2.77 bits per heavy atom. The largest absolute Gasteiger partial charge is 0.488 e. The SMILES string of the molecule is O=C(C1=Cc2cc(F)ccc2OC1)N1CCN(CCO)CC1. The van der Waals surface area contributed by atoms with Gasteiger partial charge in [0.05, 0.1) is 12.2 Å². The van der Waals surface area contributed by atoms with Gasteiger partial charge < -0.3 is 14.7 Å². The van der Waals surface area contributed by atoms with Crippen molar-refractivity contribution in [3.8, 4) is 5.75 Å². The minimum absolute atomic E-state index is 0.0569. The minimum atomic E-state index is -0.343. The molecule has 0 aliphatic carbocycles. The fourth-order valence-corrected chi connectivity index (χ4v) is 2.79. The zero-order valence-electron chi connectivity index (χ0n) is 12.3. The molecule has 0 aromatic heterocycles. The highest BCUT2D eigenvalue weighted by Crippen LogP contribution is 2.27. The standard InChI is InChI=1S/C16H19FN2O3/c17-14-1-2-15-12(10-14)9-13(11-22-15)16(21)19-5-3-18(4-6-19)7-8-20/h1-2,9-10,20H,3-8,11H2. The van der Waals surface area contributed by atoms with Gasteiger partial charge in [-0.25, -0.2) is 4.39 Å². The smallest absolute Gasteiger partial charge is 0.253 e. The first-order valence-electron chi connectivity index (χ1n) is 7.43. The number of β-amino-alcohol motifs (C(OH)–C–C–N with tert-alkyl or cyclic N) is 1. The van der Waals surface area contributed by atoms with Crippen molar-refractivity contribution in [3.05, 3.63) is 35.2 Å². The number of rotatable bonds is 3. The third-order valence-corrected chi connectivity index (χ3v) is 4.04. The molecule has 0 unspecified atom stereocenters. The van der Waals surface area contributed by atoms with Gasteiger partial charge >= 0.3 is 0 Å². The fraction of sp³-hybridized carbons (Fsp3) is 0.438. The molecule has 1 aromatic rings. The molecular weight excluding hydrogens is 287 g/mol. The van der Waals surface area contributed by atoms with E-state index >= 15 is 0 Å². The maximum atomic E-state index is 13.3. The van der Waals surface area contributed by atoms with Crippen LogP contribution in [-0.4, -0.2) is 66.8 Å². The Labute approximate surface area is 128 Å². The van der Waals surface area contributed by atoms with Crippen LogP contribution in [0.5, 0.6) is 5.75 Å². The molecular formula is C16H19FN2O3. The molecule has 0 spiro atoms. The number of carbonyl (C=O) groups is 1. The van der Waals surface area contributed by atoms with E-state index in [4.69, 9.17) is 9.84 Å². The molecule has 2 heterocycles. The summed E-state index contributed by atoms with van der Waals surface area (Å²) in [5, 5.41) is 8.93. The van der Waals surface area contributed by atoms with E-state index in [9.17, 15) is 9.18 Å². The predicted octanol–water partition coefficient (Wildman–Crippen LogP) is 0.738. The van der Waals surface area contributed by atoms with Crippen molar-refractivity contribution < 1.29 is 19.0 Å². The quantitative estimate of drug-likeness (QED) is 0.895. The molecule has 1 amide bonds. The van der Waals surface area contributed by atoms with Gasteiger partial charge in [-0.1, -0.05) is 0 Å². The van der Waals surface area contributed by atoms with E-state index < -0.39 is 0 Å². The van der Waals surface area contributed by atoms with Gasteiger partial charge in [0.25, 0.3) is 5.91 Å². The highest BCUT2D eigenvalue weighted by atomic mass is 19.1. The van der Waals surface area contributed by atoms with Crippen molar-refractivity contribution in [1.82, 2.24) is 9.80 Å². The Morgan fingerprint density at radius 1 is 1.27 bits per heavy atom. The minimum Gasteiger partial charge on any atom is -0.488 e. The average Bonchev–Trinajstić information content (AvgIpc) is 2.54. The summed E-state index contributed by atoms with van der Waals surface area (Å²) in [5.41, 5.74) is 1.15.